The van der Waals surface area contributed by atoms with Gasteiger partial charge in [-0.05, 0) is 18.9 Å². The van der Waals surface area contributed by atoms with Gasteiger partial charge in [0.25, 0.3) is 11.5 Å². The number of nitrogens with zero attached hydrogens (tertiary/aromatic N) is 3. The normalized spacial score (nSPS) is 14.5. The fourth-order valence-electron chi connectivity index (χ4n) is 2.51. The van der Waals surface area contributed by atoms with Gasteiger partial charge in [-0.2, -0.15) is 13.2 Å². The van der Waals surface area contributed by atoms with Gasteiger partial charge < -0.3 is 15.2 Å². The smallest absolute Gasteiger partial charge is 0.341 e. The summed E-state index contributed by atoms with van der Waals surface area (Å²) in [6.07, 6.45) is -0.964. The van der Waals surface area contributed by atoms with E-state index in [0.717, 1.165) is 25.9 Å². The minimum atomic E-state index is -4.67. The van der Waals surface area contributed by atoms with Gasteiger partial charge in [0, 0.05) is 19.3 Å². The van der Waals surface area contributed by atoms with Gasteiger partial charge in [0.1, 0.15) is 5.69 Å². The third kappa shape index (κ3) is 3.79. The highest BCUT2D eigenvalue weighted by atomic mass is 35.5. The summed E-state index contributed by atoms with van der Waals surface area (Å²) in [7, 11) is 0. The van der Waals surface area contributed by atoms with Crippen LogP contribution in [0.25, 0.3) is 0 Å². The SMILES string of the molecule is O=C(Nc1cc(C(F)(F)F)c[nH]c1=O)c1nc(N2CCCC2)ncc1Cl. The lowest BCUT2D eigenvalue weighted by Crippen LogP contribution is -2.25. The van der Waals surface area contributed by atoms with Crippen LogP contribution in [0.2, 0.25) is 5.02 Å². The standard InChI is InChI=1S/C15H13ClF3N5O2/c16-9-7-21-14(24-3-1-2-4-24)23-11(9)13(26)22-10-5-8(15(17,18)19)6-20-12(10)25/h5-7H,1-4H2,(H,20,25)(H,22,26). The number of anilines is 2. The lowest BCUT2D eigenvalue weighted by Gasteiger charge is -2.16. The highest BCUT2D eigenvalue weighted by Gasteiger charge is 2.31. The maximum Gasteiger partial charge on any atom is 0.417 e. The van der Waals surface area contributed by atoms with Crippen LogP contribution in [-0.4, -0.2) is 33.9 Å². The monoisotopic (exact) mass is 387 g/mol. The van der Waals surface area contributed by atoms with Crippen LogP contribution in [0.5, 0.6) is 0 Å². The van der Waals surface area contributed by atoms with Crippen LogP contribution < -0.4 is 15.8 Å². The minimum Gasteiger partial charge on any atom is -0.341 e. The molecule has 0 saturated carbocycles. The van der Waals surface area contributed by atoms with Gasteiger partial charge in [-0.1, -0.05) is 11.6 Å². The molecule has 0 unspecified atom stereocenters. The predicted molar refractivity (Wildman–Crippen MR) is 88.5 cm³/mol. The molecule has 1 amide bonds. The average molecular weight is 388 g/mol. The zero-order valence-corrected chi connectivity index (χ0v) is 14.0. The van der Waals surface area contributed by atoms with Gasteiger partial charge in [-0.25, -0.2) is 9.97 Å². The van der Waals surface area contributed by atoms with Gasteiger partial charge in [0.05, 0.1) is 16.8 Å². The van der Waals surface area contributed by atoms with E-state index in [-0.39, 0.29) is 10.7 Å². The molecule has 0 spiro atoms. The number of carbonyl (C=O) groups is 1. The Morgan fingerprint density at radius 2 is 2.00 bits per heavy atom. The van der Waals surface area contributed by atoms with Crippen LogP contribution in [0.15, 0.2) is 23.3 Å². The van der Waals surface area contributed by atoms with E-state index < -0.39 is 28.9 Å². The number of halogens is 4. The maximum atomic E-state index is 12.8. The lowest BCUT2D eigenvalue weighted by atomic mass is 10.2. The molecule has 1 saturated heterocycles. The molecule has 0 atom stereocenters. The Hall–Kier alpha value is -2.62. The molecule has 1 aliphatic rings. The Bertz CT molecular complexity index is 894. The number of alkyl halides is 3. The zero-order valence-electron chi connectivity index (χ0n) is 13.2. The molecule has 0 aliphatic carbocycles. The van der Waals surface area contributed by atoms with Crippen molar-refractivity contribution in [2.75, 3.05) is 23.3 Å². The van der Waals surface area contributed by atoms with Gasteiger partial charge in [-0.3, -0.25) is 9.59 Å². The van der Waals surface area contributed by atoms with Crippen molar-refractivity contribution < 1.29 is 18.0 Å². The summed E-state index contributed by atoms with van der Waals surface area (Å²) in [6, 6.07) is 0.549. The number of pyridine rings is 1. The quantitative estimate of drug-likeness (QED) is 0.845. The largest absolute Gasteiger partial charge is 0.417 e. The predicted octanol–water partition coefficient (Wildman–Crippen LogP) is 2.69. The Kier molecular flexibility index (Phi) is 4.86. The van der Waals surface area contributed by atoms with E-state index in [1.54, 1.807) is 0 Å². The maximum absolute atomic E-state index is 12.8. The molecule has 1 aliphatic heterocycles. The highest BCUT2D eigenvalue weighted by Crippen LogP contribution is 2.29. The summed E-state index contributed by atoms with van der Waals surface area (Å²) in [5, 5.41) is 2.05. The number of H-pyrrole nitrogens is 1. The van der Waals surface area contributed by atoms with Gasteiger partial charge >= 0.3 is 6.18 Å². The summed E-state index contributed by atoms with van der Waals surface area (Å²) in [4.78, 5) is 36.0. The number of aromatic nitrogens is 3. The number of aromatic amines is 1. The fourth-order valence-corrected chi connectivity index (χ4v) is 2.69. The number of rotatable bonds is 3. The molecule has 0 aromatic carbocycles. The van der Waals surface area contributed by atoms with E-state index in [0.29, 0.717) is 18.2 Å². The summed E-state index contributed by atoms with van der Waals surface area (Å²) in [5.74, 6) is -0.599. The van der Waals surface area contributed by atoms with Gasteiger partial charge in [0.2, 0.25) is 5.95 Å². The van der Waals surface area contributed by atoms with E-state index in [1.165, 1.54) is 6.20 Å². The second-order valence-electron chi connectivity index (χ2n) is 5.64. The summed E-state index contributed by atoms with van der Waals surface area (Å²) >= 11 is 5.94. The summed E-state index contributed by atoms with van der Waals surface area (Å²) in [6.45, 7) is 1.46. The second-order valence-corrected chi connectivity index (χ2v) is 6.05. The highest BCUT2D eigenvalue weighted by molar-refractivity contribution is 6.34. The van der Waals surface area contributed by atoms with Crippen molar-refractivity contribution in [3.05, 3.63) is 45.1 Å². The molecule has 3 rings (SSSR count). The molecule has 26 heavy (non-hydrogen) atoms. The second kappa shape index (κ2) is 6.94. The first-order chi connectivity index (χ1) is 12.3. The Morgan fingerprint density at radius 3 is 2.65 bits per heavy atom. The molecule has 0 bridgehead atoms. The molecule has 7 nitrogen and oxygen atoms in total. The van der Waals surface area contributed by atoms with Gasteiger partial charge in [0.15, 0.2) is 5.69 Å². The summed E-state index contributed by atoms with van der Waals surface area (Å²) in [5.41, 5.74) is -2.75. The zero-order chi connectivity index (χ0) is 18.9. The molecule has 2 N–H and O–H groups in total. The van der Waals surface area contributed by atoms with Crippen molar-refractivity contribution in [3.8, 4) is 0 Å². The number of hydrogen-bond acceptors (Lipinski definition) is 5. The Balaban J connectivity index is 1.89. The molecule has 3 heterocycles. The van der Waals surface area contributed by atoms with Crippen LogP contribution in [0, 0.1) is 0 Å². The van der Waals surface area contributed by atoms with Crippen LogP contribution in [0.3, 0.4) is 0 Å². The van der Waals surface area contributed by atoms with E-state index in [4.69, 9.17) is 11.6 Å². The molecule has 2 aromatic rings. The molecule has 11 heteroatoms. The molecular weight excluding hydrogens is 375 g/mol. The molecule has 138 valence electrons. The third-order valence-corrected chi connectivity index (χ3v) is 4.09. The lowest BCUT2D eigenvalue weighted by molar-refractivity contribution is -0.137. The minimum absolute atomic E-state index is 0.0751. The Labute approximate surface area is 150 Å². The third-order valence-electron chi connectivity index (χ3n) is 3.81. The molecule has 1 fully saturated rings. The molecule has 2 aromatic heterocycles. The van der Waals surface area contributed by atoms with E-state index >= 15 is 0 Å². The molecule has 0 radical (unpaired) electrons. The number of carbonyl (C=O) groups excluding carboxylic acids is 1. The van der Waals surface area contributed by atoms with Gasteiger partial charge in [-0.15, -0.1) is 0 Å². The van der Waals surface area contributed by atoms with E-state index in [9.17, 15) is 22.8 Å². The summed E-state index contributed by atoms with van der Waals surface area (Å²) < 4.78 is 38.3. The first-order valence-corrected chi connectivity index (χ1v) is 8.02. The topological polar surface area (TPSA) is 91.0 Å². The van der Waals surface area contributed by atoms with Crippen molar-refractivity contribution >= 4 is 29.1 Å². The van der Waals surface area contributed by atoms with Crippen LogP contribution in [0.4, 0.5) is 24.8 Å². The van der Waals surface area contributed by atoms with Crippen molar-refractivity contribution in [2.45, 2.75) is 19.0 Å². The number of amides is 1. The Morgan fingerprint density at radius 1 is 1.31 bits per heavy atom. The van der Waals surface area contributed by atoms with E-state index in [2.05, 4.69) is 15.3 Å². The van der Waals surface area contributed by atoms with Crippen molar-refractivity contribution in [1.82, 2.24) is 15.0 Å². The van der Waals surface area contributed by atoms with E-state index in [1.807, 2.05) is 9.88 Å². The van der Waals surface area contributed by atoms with Crippen molar-refractivity contribution in [2.24, 2.45) is 0 Å². The first-order valence-electron chi connectivity index (χ1n) is 7.64. The average Bonchev–Trinajstić information content (AvgIpc) is 3.10. The molecular formula is C15H13ClF3N5O2. The van der Waals surface area contributed by atoms with Crippen LogP contribution in [0.1, 0.15) is 28.9 Å². The van der Waals surface area contributed by atoms with Crippen molar-refractivity contribution in [1.29, 1.82) is 0 Å². The van der Waals surface area contributed by atoms with Crippen LogP contribution in [-0.2, 0) is 6.18 Å². The number of nitrogens with one attached hydrogen (secondary N) is 2. The first kappa shape index (κ1) is 18.2. The number of hydrogen-bond donors (Lipinski definition) is 2. The fraction of sp³-hybridized carbons (Fsp3) is 0.333. The van der Waals surface area contributed by atoms with Crippen molar-refractivity contribution in [3.63, 3.8) is 0 Å². The van der Waals surface area contributed by atoms with Crippen LogP contribution >= 0.6 is 11.6 Å².